The van der Waals surface area contributed by atoms with Gasteiger partial charge in [0.05, 0.1) is 18.2 Å². The number of aliphatic hydroxyl groups is 1. The first-order valence-corrected chi connectivity index (χ1v) is 6.00. The predicted octanol–water partition coefficient (Wildman–Crippen LogP) is 2.73. The fraction of sp³-hybridized carbons (Fsp3) is 0.286. The molecule has 0 aliphatic carbocycles. The molecule has 20 heavy (non-hydrogen) atoms. The van der Waals surface area contributed by atoms with Crippen molar-refractivity contribution in [2.24, 2.45) is 0 Å². The van der Waals surface area contributed by atoms with Gasteiger partial charge in [-0.05, 0) is 24.1 Å². The van der Waals surface area contributed by atoms with Crippen LogP contribution in [0.2, 0.25) is 0 Å². The highest BCUT2D eigenvalue weighted by molar-refractivity contribution is 5.30. The van der Waals surface area contributed by atoms with Crippen LogP contribution in [0.15, 0.2) is 35.2 Å². The monoisotopic (exact) mass is 278 g/mol. The van der Waals surface area contributed by atoms with E-state index in [1.54, 1.807) is 0 Å². The fourth-order valence-electron chi connectivity index (χ4n) is 2.17. The van der Waals surface area contributed by atoms with E-state index in [4.69, 9.17) is 9.52 Å². The Hall–Kier alpha value is -2.26. The van der Waals surface area contributed by atoms with Gasteiger partial charge < -0.3 is 9.52 Å². The molecule has 0 unspecified atom stereocenters. The topological polar surface area (TPSA) is 70.0 Å². The van der Waals surface area contributed by atoms with Crippen LogP contribution in [0.25, 0.3) is 0 Å². The summed E-state index contributed by atoms with van der Waals surface area (Å²) in [7, 11) is 0. The highest BCUT2D eigenvalue weighted by Crippen LogP contribution is 2.35. The van der Waals surface area contributed by atoms with Crippen LogP contribution in [0.5, 0.6) is 0 Å². The maximum absolute atomic E-state index is 13.3. The van der Waals surface area contributed by atoms with Crippen LogP contribution in [0, 0.1) is 23.0 Å². The van der Waals surface area contributed by atoms with E-state index in [2.05, 4.69) is 4.98 Å². The van der Waals surface area contributed by atoms with Gasteiger partial charge in [0.15, 0.2) is 6.39 Å². The summed E-state index contributed by atoms with van der Waals surface area (Å²) in [5, 5.41) is 18.4. The maximum Gasteiger partial charge on any atom is 0.180 e. The number of nitrogens with zero attached hydrogens (tertiary/aromatic N) is 2. The Morgan fingerprint density at radius 2 is 2.00 bits per heavy atom. The summed E-state index contributed by atoms with van der Waals surface area (Å²) < 4.78 is 31.7. The molecule has 1 heterocycles. The molecule has 0 bridgehead atoms. The number of nitriles is 1. The third kappa shape index (κ3) is 3.00. The van der Waals surface area contributed by atoms with Crippen molar-refractivity contribution in [1.29, 1.82) is 5.26 Å². The van der Waals surface area contributed by atoms with Gasteiger partial charge >= 0.3 is 0 Å². The summed E-state index contributed by atoms with van der Waals surface area (Å²) in [6.45, 7) is -0.179. The van der Waals surface area contributed by atoms with E-state index in [1.807, 2.05) is 6.07 Å². The lowest BCUT2D eigenvalue weighted by atomic mass is 9.83. The first kappa shape index (κ1) is 14.2. The number of benzene rings is 1. The minimum Gasteiger partial charge on any atom is -0.448 e. The van der Waals surface area contributed by atoms with Crippen LogP contribution >= 0.6 is 0 Å². The summed E-state index contributed by atoms with van der Waals surface area (Å²) in [6, 6.07) is 4.97. The molecule has 4 nitrogen and oxygen atoms in total. The second kappa shape index (κ2) is 6.26. The van der Waals surface area contributed by atoms with Gasteiger partial charge in [0.25, 0.3) is 0 Å². The van der Waals surface area contributed by atoms with E-state index in [1.165, 1.54) is 12.6 Å². The van der Waals surface area contributed by atoms with Crippen molar-refractivity contribution in [3.05, 3.63) is 53.7 Å². The summed E-state index contributed by atoms with van der Waals surface area (Å²) in [5.41, 5.74) is 0.208. The van der Waals surface area contributed by atoms with Gasteiger partial charge in [0, 0.05) is 18.6 Å². The average molecular weight is 278 g/mol. The van der Waals surface area contributed by atoms with Crippen LogP contribution in [0.3, 0.4) is 0 Å². The van der Waals surface area contributed by atoms with Crippen LogP contribution < -0.4 is 0 Å². The lowest BCUT2D eigenvalue weighted by Crippen LogP contribution is -2.12. The number of aliphatic hydroxyl groups excluding tert-OH is 1. The Bertz CT molecular complexity index is 588. The number of hydrogen-bond donors (Lipinski definition) is 1. The Balaban J connectivity index is 2.41. The minimum absolute atomic E-state index is 0.179. The molecule has 0 saturated carbocycles. The van der Waals surface area contributed by atoms with Crippen LogP contribution in [0.4, 0.5) is 8.78 Å². The second-order valence-electron chi connectivity index (χ2n) is 4.33. The molecule has 0 aliphatic heterocycles. The normalized spacial score (nSPS) is 13.7. The first-order chi connectivity index (χ1) is 9.65. The fourth-order valence-corrected chi connectivity index (χ4v) is 2.17. The third-order valence-electron chi connectivity index (χ3n) is 3.04. The van der Waals surface area contributed by atoms with Crippen molar-refractivity contribution in [1.82, 2.24) is 4.98 Å². The summed E-state index contributed by atoms with van der Waals surface area (Å²) in [4.78, 5) is 3.76. The highest BCUT2D eigenvalue weighted by Gasteiger charge is 2.27. The molecule has 2 aromatic rings. The Morgan fingerprint density at radius 3 is 2.50 bits per heavy atom. The molecule has 0 amide bonds. The molecular formula is C14H12F2N2O2. The molecule has 2 atom stereocenters. The smallest absolute Gasteiger partial charge is 0.180 e. The molecule has 6 heteroatoms. The first-order valence-electron chi connectivity index (χ1n) is 6.00. The van der Waals surface area contributed by atoms with Crippen molar-refractivity contribution in [3.63, 3.8) is 0 Å². The molecule has 0 spiro atoms. The second-order valence-corrected chi connectivity index (χ2v) is 4.33. The quantitative estimate of drug-likeness (QED) is 0.912. The molecule has 0 radical (unpaired) electrons. The number of rotatable bonds is 5. The number of hydrogen-bond acceptors (Lipinski definition) is 4. The SMILES string of the molecule is N#C[C@@H](c1cc(F)cc(F)c1)[C@@H](CCO)c1cnco1. The van der Waals surface area contributed by atoms with Gasteiger partial charge in [-0.3, -0.25) is 0 Å². The van der Waals surface area contributed by atoms with Gasteiger partial charge in [-0.2, -0.15) is 5.26 Å². The largest absolute Gasteiger partial charge is 0.448 e. The maximum atomic E-state index is 13.3. The summed E-state index contributed by atoms with van der Waals surface area (Å²) >= 11 is 0. The van der Waals surface area contributed by atoms with Gasteiger partial charge in [-0.1, -0.05) is 0 Å². The number of halogens is 2. The van der Waals surface area contributed by atoms with E-state index >= 15 is 0 Å². The van der Waals surface area contributed by atoms with Gasteiger partial charge in [-0.15, -0.1) is 0 Å². The zero-order valence-corrected chi connectivity index (χ0v) is 10.5. The molecule has 1 N–H and O–H groups in total. The predicted molar refractivity (Wildman–Crippen MR) is 65.7 cm³/mol. The Kier molecular flexibility index (Phi) is 4.43. The molecule has 1 aromatic carbocycles. The van der Waals surface area contributed by atoms with Gasteiger partial charge in [0.2, 0.25) is 0 Å². The molecule has 1 aromatic heterocycles. The summed E-state index contributed by atoms with van der Waals surface area (Å²) in [5.74, 6) is -2.45. The van der Waals surface area contributed by atoms with Crippen molar-refractivity contribution in [2.45, 2.75) is 18.3 Å². The van der Waals surface area contributed by atoms with E-state index in [0.29, 0.717) is 5.76 Å². The van der Waals surface area contributed by atoms with E-state index in [9.17, 15) is 14.0 Å². The lowest BCUT2D eigenvalue weighted by Gasteiger charge is -2.19. The van der Waals surface area contributed by atoms with Gasteiger partial charge in [-0.25, -0.2) is 13.8 Å². The average Bonchev–Trinajstić information content (AvgIpc) is 2.91. The van der Waals surface area contributed by atoms with E-state index in [-0.39, 0.29) is 18.6 Å². The Labute approximate surface area is 114 Å². The van der Waals surface area contributed by atoms with Crippen molar-refractivity contribution in [2.75, 3.05) is 6.61 Å². The van der Waals surface area contributed by atoms with Crippen LogP contribution in [-0.2, 0) is 0 Å². The molecule has 104 valence electrons. The standard InChI is InChI=1S/C14H12F2N2O2/c15-10-3-9(4-11(16)5-10)13(6-17)12(1-2-19)14-7-18-8-20-14/h3-5,7-8,12-13,19H,1-2H2/t12-,13+/m1/s1. The number of aromatic nitrogens is 1. The minimum atomic E-state index is -0.833. The van der Waals surface area contributed by atoms with Crippen molar-refractivity contribution >= 4 is 0 Å². The van der Waals surface area contributed by atoms with Crippen LogP contribution in [-0.4, -0.2) is 16.7 Å². The molecule has 0 aliphatic rings. The van der Waals surface area contributed by atoms with Crippen molar-refractivity contribution < 1.29 is 18.3 Å². The zero-order chi connectivity index (χ0) is 14.5. The number of oxazole rings is 1. The highest BCUT2D eigenvalue weighted by atomic mass is 19.1. The lowest BCUT2D eigenvalue weighted by molar-refractivity contribution is 0.262. The molecule has 0 saturated heterocycles. The van der Waals surface area contributed by atoms with Crippen LogP contribution in [0.1, 0.15) is 29.6 Å². The van der Waals surface area contributed by atoms with Gasteiger partial charge in [0.1, 0.15) is 17.4 Å². The molecular weight excluding hydrogens is 266 g/mol. The molecule has 0 fully saturated rings. The van der Waals surface area contributed by atoms with E-state index in [0.717, 1.165) is 18.2 Å². The third-order valence-corrected chi connectivity index (χ3v) is 3.04. The Morgan fingerprint density at radius 1 is 1.30 bits per heavy atom. The summed E-state index contributed by atoms with van der Waals surface area (Å²) in [6.07, 6.45) is 2.87. The van der Waals surface area contributed by atoms with E-state index < -0.39 is 23.5 Å². The van der Waals surface area contributed by atoms with Crippen molar-refractivity contribution in [3.8, 4) is 6.07 Å². The zero-order valence-electron chi connectivity index (χ0n) is 10.5. The molecule has 2 rings (SSSR count).